The number of ether oxygens (including phenoxy) is 1. The third kappa shape index (κ3) is 6.04. The van der Waals surface area contributed by atoms with Crippen molar-refractivity contribution in [3.63, 3.8) is 0 Å². The van der Waals surface area contributed by atoms with Gasteiger partial charge in [-0.1, -0.05) is 32.0 Å². The third-order valence-electron chi connectivity index (χ3n) is 4.51. The van der Waals surface area contributed by atoms with Gasteiger partial charge in [0.15, 0.2) is 0 Å². The van der Waals surface area contributed by atoms with Crippen molar-refractivity contribution in [1.82, 2.24) is 10.2 Å². The zero-order chi connectivity index (χ0) is 17.4. The van der Waals surface area contributed by atoms with E-state index in [-0.39, 0.29) is 24.2 Å². The number of urea groups is 1. The number of benzene rings is 1. The molecule has 1 aromatic carbocycles. The number of hydrogen-bond acceptors (Lipinski definition) is 3. The van der Waals surface area contributed by atoms with Crippen LogP contribution in [0.25, 0.3) is 0 Å². The number of aliphatic hydroxyl groups excluding tert-OH is 1. The van der Waals surface area contributed by atoms with Gasteiger partial charge in [0, 0.05) is 39.1 Å². The Morgan fingerprint density at radius 2 is 1.96 bits per heavy atom. The van der Waals surface area contributed by atoms with E-state index >= 15 is 0 Å². The van der Waals surface area contributed by atoms with Gasteiger partial charge in [-0.25, -0.2) is 4.79 Å². The number of rotatable bonds is 7. The molecule has 0 spiro atoms. The Kier molecular flexibility index (Phi) is 6.91. The molecule has 1 saturated heterocycles. The largest absolute Gasteiger partial charge is 0.490 e. The monoisotopic (exact) mass is 334 g/mol. The highest BCUT2D eigenvalue weighted by Crippen LogP contribution is 2.21. The molecule has 1 aliphatic heterocycles. The fourth-order valence-corrected chi connectivity index (χ4v) is 2.82. The van der Waals surface area contributed by atoms with Crippen molar-refractivity contribution in [1.29, 1.82) is 0 Å². The average molecular weight is 334 g/mol. The van der Waals surface area contributed by atoms with Gasteiger partial charge in [0.2, 0.25) is 0 Å². The van der Waals surface area contributed by atoms with Gasteiger partial charge in [-0.2, -0.15) is 0 Å². The van der Waals surface area contributed by atoms with Crippen LogP contribution in [0.2, 0.25) is 0 Å². The Labute approximate surface area is 145 Å². The fraction of sp³-hybridized carbons (Fsp3) is 0.632. The zero-order valence-electron chi connectivity index (χ0n) is 14.8. The molecule has 2 amide bonds. The van der Waals surface area contributed by atoms with Gasteiger partial charge in [0.05, 0.1) is 0 Å². The molecule has 1 aliphatic rings. The van der Waals surface area contributed by atoms with E-state index in [1.165, 1.54) is 0 Å². The standard InChI is InChI=1S/C19H30N2O3/c1-19(2,15-22)11-6-12-20-18(23)21-13-9-17(10-14-21)24-16-7-4-3-5-8-16/h3-5,7-8,17,22H,6,9-15H2,1-2H3,(H,20,23). The number of nitrogens with one attached hydrogen (secondary N) is 1. The lowest BCUT2D eigenvalue weighted by molar-refractivity contribution is 0.110. The second-order valence-corrected chi connectivity index (χ2v) is 7.28. The lowest BCUT2D eigenvalue weighted by atomic mass is 9.89. The van der Waals surface area contributed by atoms with Crippen molar-refractivity contribution in [3.05, 3.63) is 30.3 Å². The molecule has 5 heteroatoms. The van der Waals surface area contributed by atoms with Crippen molar-refractivity contribution in [2.24, 2.45) is 5.41 Å². The molecule has 0 aromatic heterocycles. The van der Waals surface area contributed by atoms with Crippen LogP contribution in [0.15, 0.2) is 30.3 Å². The summed E-state index contributed by atoms with van der Waals surface area (Å²) >= 11 is 0. The number of piperidine rings is 1. The highest BCUT2D eigenvalue weighted by atomic mass is 16.5. The van der Waals surface area contributed by atoms with Gasteiger partial charge in [0.1, 0.15) is 11.9 Å². The number of carbonyl (C=O) groups is 1. The van der Waals surface area contributed by atoms with E-state index in [0.717, 1.165) is 44.5 Å². The molecule has 5 nitrogen and oxygen atoms in total. The van der Waals surface area contributed by atoms with Crippen molar-refractivity contribution in [2.45, 2.75) is 45.6 Å². The lowest BCUT2D eigenvalue weighted by Crippen LogP contribution is -2.46. The van der Waals surface area contributed by atoms with Crippen LogP contribution >= 0.6 is 0 Å². The van der Waals surface area contributed by atoms with Crippen LogP contribution < -0.4 is 10.1 Å². The molecule has 0 atom stereocenters. The molecule has 1 fully saturated rings. The molecular weight excluding hydrogens is 304 g/mol. The Hall–Kier alpha value is -1.75. The number of hydrogen-bond donors (Lipinski definition) is 2. The summed E-state index contributed by atoms with van der Waals surface area (Å²) in [6, 6.07) is 9.85. The quantitative estimate of drug-likeness (QED) is 0.754. The second-order valence-electron chi connectivity index (χ2n) is 7.28. The molecule has 0 bridgehead atoms. The second kappa shape index (κ2) is 8.92. The summed E-state index contributed by atoms with van der Waals surface area (Å²) in [7, 11) is 0. The van der Waals surface area contributed by atoms with Gasteiger partial charge in [-0.15, -0.1) is 0 Å². The highest BCUT2D eigenvalue weighted by Gasteiger charge is 2.24. The molecule has 0 saturated carbocycles. The van der Waals surface area contributed by atoms with Gasteiger partial charge in [-0.3, -0.25) is 0 Å². The predicted molar refractivity (Wildman–Crippen MR) is 95.2 cm³/mol. The maximum Gasteiger partial charge on any atom is 0.317 e. The van der Waals surface area contributed by atoms with Crippen LogP contribution in [0, 0.1) is 5.41 Å². The van der Waals surface area contributed by atoms with Crippen LogP contribution in [-0.2, 0) is 0 Å². The first kappa shape index (κ1) is 18.6. The minimum atomic E-state index is -0.0716. The number of aliphatic hydroxyl groups is 1. The van der Waals surface area contributed by atoms with E-state index in [9.17, 15) is 9.90 Å². The Balaban J connectivity index is 1.64. The Morgan fingerprint density at radius 3 is 2.58 bits per heavy atom. The number of likely N-dealkylation sites (tertiary alicyclic amines) is 1. The number of nitrogens with zero attached hydrogens (tertiary/aromatic N) is 1. The van der Waals surface area contributed by atoms with Gasteiger partial charge < -0.3 is 20.1 Å². The Morgan fingerprint density at radius 1 is 1.29 bits per heavy atom. The summed E-state index contributed by atoms with van der Waals surface area (Å²) in [4.78, 5) is 14.0. The molecular formula is C19H30N2O3. The normalized spacial score (nSPS) is 16.0. The van der Waals surface area contributed by atoms with E-state index in [1.54, 1.807) is 0 Å². The molecule has 2 N–H and O–H groups in total. The minimum Gasteiger partial charge on any atom is -0.490 e. The number of amides is 2. The maximum absolute atomic E-state index is 12.2. The third-order valence-corrected chi connectivity index (χ3v) is 4.51. The molecule has 0 aliphatic carbocycles. The Bertz CT molecular complexity index is 497. The molecule has 2 rings (SSSR count). The van der Waals surface area contributed by atoms with E-state index in [4.69, 9.17) is 4.74 Å². The van der Waals surface area contributed by atoms with E-state index in [1.807, 2.05) is 49.1 Å². The highest BCUT2D eigenvalue weighted by molar-refractivity contribution is 5.74. The van der Waals surface area contributed by atoms with E-state index in [2.05, 4.69) is 5.32 Å². The summed E-state index contributed by atoms with van der Waals surface area (Å²) in [5.41, 5.74) is -0.0716. The summed E-state index contributed by atoms with van der Waals surface area (Å²) in [6.07, 6.45) is 3.69. The predicted octanol–water partition coefficient (Wildman–Crippen LogP) is 3.04. The van der Waals surface area contributed by atoms with Crippen LogP contribution in [-0.4, -0.2) is 48.4 Å². The lowest BCUT2D eigenvalue weighted by Gasteiger charge is -2.32. The number of carbonyl (C=O) groups excluding carboxylic acids is 1. The average Bonchev–Trinajstić information content (AvgIpc) is 2.60. The van der Waals surface area contributed by atoms with Gasteiger partial charge >= 0.3 is 6.03 Å². The van der Waals surface area contributed by atoms with E-state index < -0.39 is 0 Å². The molecule has 0 unspecified atom stereocenters. The van der Waals surface area contributed by atoms with Crippen LogP contribution in [0.3, 0.4) is 0 Å². The summed E-state index contributed by atoms with van der Waals surface area (Å²) in [6.45, 7) is 6.36. The first-order valence-electron chi connectivity index (χ1n) is 8.85. The van der Waals surface area contributed by atoms with Gasteiger partial charge in [-0.05, 0) is 30.4 Å². The maximum atomic E-state index is 12.2. The molecule has 1 aromatic rings. The summed E-state index contributed by atoms with van der Waals surface area (Å²) in [5.74, 6) is 0.895. The zero-order valence-corrected chi connectivity index (χ0v) is 14.8. The fourth-order valence-electron chi connectivity index (χ4n) is 2.82. The molecule has 1 heterocycles. The van der Waals surface area contributed by atoms with Gasteiger partial charge in [0.25, 0.3) is 0 Å². The van der Waals surface area contributed by atoms with Crippen molar-refractivity contribution < 1.29 is 14.6 Å². The molecule has 0 radical (unpaired) electrons. The SMILES string of the molecule is CC(C)(CO)CCCNC(=O)N1CCC(Oc2ccccc2)CC1. The van der Waals surface area contributed by atoms with Crippen molar-refractivity contribution in [2.75, 3.05) is 26.2 Å². The topological polar surface area (TPSA) is 61.8 Å². The van der Waals surface area contributed by atoms with Crippen LogP contribution in [0.4, 0.5) is 4.79 Å². The van der Waals surface area contributed by atoms with Crippen LogP contribution in [0.5, 0.6) is 5.75 Å². The molecule has 24 heavy (non-hydrogen) atoms. The smallest absolute Gasteiger partial charge is 0.317 e. The first-order chi connectivity index (χ1) is 11.5. The summed E-state index contributed by atoms with van der Waals surface area (Å²) < 4.78 is 5.95. The molecule has 134 valence electrons. The first-order valence-corrected chi connectivity index (χ1v) is 8.85. The number of para-hydroxylation sites is 1. The van der Waals surface area contributed by atoms with Crippen LogP contribution in [0.1, 0.15) is 39.5 Å². The van der Waals surface area contributed by atoms with Crippen molar-refractivity contribution >= 4 is 6.03 Å². The van der Waals surface area contributed by atoms with Crippen molar-refractivity contribution in [3.8, 4) is 5.75 Å². The summed E-state index contributed by atoms with van der Waals surface area (Å²) in [5, 5.41) is 12.2. The van der Waals surface area contributed by atoms with E-state index in [0.29, 0.717) is 6.54 Å². The minimum absolute atomic E-state index is 0.00923.